The molecular formula is C18H18F2N2O2. The number of benzene rings is 2. The van der Waals surface area contributed by atoms with Crippen LogP contribution >= 0.6 is 0 Å². The van der Waals surface area contributed by atoms with Gasteiger partial charge in [0.2, 0.25) is 5.91 Å². The SMILES string of the molecule is CC(C)[C@H](NC(=O)c1ccc(F)cc1)C(=O)Nc1ccc(F)cc1. The van der Waals surface area contributed by atoms with Crippen molar-refractivity contribution in [3.05, 3.63) is 65.7 Å². The fourth-order valence-electron chi connectivity index (χ4n) is 2.11. The highest BCUT2D eigenvalue weighted by Gasteiger charge is 2.24. The fourth-order valence-corrected chi connectivity index (χ4v) is 2.11. The number of amides is 2. The number of hydrogen-bond acceptors (Lipinski definition) is 2. The first kappa shape index (κ1) is 17.6. The molecule has 0 aliphatic heterocycles. The Labute approximate surface area is 138 Å². The van der Waals surface area contributed by atoms with Crippen molar-refractivity contribution in [2.75, 3.05) is 5.32 Å². The minimum atomic E-state index is -0.785. The number of carbonyl (C=O) groups is 2. The first-order valence-electron chi connectivity index (χ1n) is 7.49. The van der Waals surface area contributed by atoms with Gasteiger partial charge >= 0.3 is 0 Å². The zero-order valence-corrected chi connectivity index (χ0v) is 13.3. The van der Waals surface area contributed by atoms with Crippen molar-refractivity contribution in [1.82, 2.24) is 5.32 Å². The van der Waals surface area contributed by atoms with Crippen LogP contribution in [-0.4, -0.2) is 17.9 Å². The molecule has 2 rings (SSSR count). The van der Waals surface area contributed by atoms with Gasteiger partial charge in [-0.3, -0.25) is 9.59 Å². The molecule has 2 N–H and O–H groups in total. The van der Waals surface area contributed by atoms with Crippen LogP contribution < -0.4 is 10.6 Å². The Hall–Kier alpha value is -2.76. The zero-order chi connectivity index (χ0) is 17.7. The van der Waals surface area contributed by atoms with Crippen molar-refractivity contribution < 1.29 is 18.4 Å². The standard InChI is InChI=1S/C18H18F2N2O2/c1-11(2)16(18(24)21-15-9-7-14(20)8-10-15)22-17(23)12-3-5-13(19)6-4-12/h3-11,16H,1-2H3,(H,21,24)(H,22,23)/t16-/m0/s1. The van der Waals surface area contributed by atoms with Gasteiger partial charge in [0.15, 0.2) is 0 Å². The van der Waals surface area contributed by atoms with Crippen LogP contribution in [-0.2, 0) is 4.79 Å². The van der Waals surface area contributed by atoms with E-state index in [9.17, 15) is 18.4 Å². The molecule has 4 nitrogen and oxygen atoms in total. The lowest BCUT2D eigenvalue weighted by atomic mass is 10.0. The minimum Gasteiger partial charge on any atom is -0.340 e. The van der Waals surface area contributed by atoms with Crippen LogP contribution in [0.2, 0.25) is 0 Å². The van der Waals surface area contributed by atoms with Crippen LogP contribution in [0, 0.1) is 17.6 Å². The van der Waals surface area contributed by atoms with Crippen molar-refractivity contribution in [1.29, 1.82) is 0 Å². The van der Waals surface area contributed by atoms with E-state index in [1.807, 2.05) is 0 Å². The Morgan fingerprint density at radius 1 is 0.875 bits per heavy atom. The van der Waals surface area contributed by atoms with E-state index < -0.39 is 29.5 Å². The highest BCUT2D eigenvalue weighted by Crippen LogP contribution is 2.12. The summed E-state index contributed by atoms with van der Waals surface area (Å²) in [7, 11) is 0. The lowest BCUT2D eigenvalue weighted by Crippen LogP contribution is -2.47. The number of nitrogens with one attached hydrogen (secondary N) is 2. The van der Waals surface area contributed by atoms with Crippen molar-refractivity contribution in [2.24, 2.45) is 5.92 Å². The van der Waals surface area contributed by atoms with Gasteiger partial charge in [-0.1, -0.05) is 13.8 Å². The van der Waals surface area contributed by atoms with Gasteiger partial charge in [-0.15, -0.1) is 0 Å². The zero-order valence-electron chi connectivity index (χ0n) is 13.3. The van der Waals surface area contributed by atoms with Gasteiger partial charge in [-0.05, 0) is 54.4 Å². The van der Waals surface area contributed by atoms with Crippen LogP contribution in [0.1, 0.15) is 24.2 Å². The molecule has 2 amide bonds. The van der Waals surface area contributed by atoms with Crippen molar-refractivity contribution in [3.8, 4) is 0 Å². The molecule has 1 atom stereocenters. The molecule has 0 radical (unpaired) electrons. The third-order valence-corrected chi connectivity index (χ3v) is 3.45. The van der Waals surface area contributed by atoms with Crippen molar-refractivity contribution >= 4 is 17.5 Å². The smallest absolute Gasteiger partial charge is 0.251 e. The van der Waals surface area contributed by atoms with E-state index in [4.69, 9.17) is 0 Å². The van der Waals surface area contributed by atoms with Crippen LogP contribution in [0.5, 0.6) is 0 Å². The lowest BCUT2D eigenvalue weighted by molar-refractivity contribution is -0.118. The number of carbonyl (C=O) groups excluding carboxylic acids is 2. The maximum absolute atomic E-state index is 12.9. The summed E-state index contributed by atoms with van der Waals surface area (Å²) in [6, 6.07) is 9.61. The number of hydrogen-bond donors (Lipinski definition) is 2. The van der Waals surface area contributed by atoms with Gasteiger partial charge in [0.05, 0.1) is 0 Å². The van der Waals surface area contributed by atoms with Gasteiger partial charge in [0, 0.05) is 11.3 Å². The third kappa shape index (κ3) is 4.62. The van der Waals surface area contributed by atoms with Crippen molar-refractivity contribution in [3.63, 3.8) is 0 Å². The second kappa shape index (κ2) is 7.68. The molecule has 2 aromatic rings. The summed E-state index contributed by atoms with van der Waals surface area (Å²) in [5.74, 6) is -1.90. The predicted octanol–water partition coefficient (Wildman–Crippen LogP) is 3.36. The van der Waals surface area contributed by atoms with Gasteiger partial charge in [-0.2, -0.15) is 0 Å². The average Bonchev–Trinajstić information content (AvgIpc) is 2.54. The first-order valence-corrected chi connectivity index (χ1v) is 7.49. The third-order valence-electron chi connectivity index (χ3n) is 3.45. The first-order chi connectivity index (χ1) is 11.4. The molecule has 0 saturated heterocycles. The van der Waals surface area contributed by atoms with Gasteiger partial charge < -0.3 is 10.6 Å². The summed E-state index contributed by atoms with van der Waals surface area (Å²) in [6.45, 7) is 3.58. The number of anilines is 1. The predicted molar refractivity (Wildman–Crippen MR) is 87.5 cm³/mol. The number of halogens is 2. The molecule has 0 bridgehead atoms. The molecular weight excluding hydrogens is 314 g/mol. The molecule has 0 unspecified atom stereocenters. The van der Waals surface area contributed by atoms with E-state index in [1.54, 1.807) is 13.8 Å². The summed E-state index contributed by atoms with van der Waals surface area (Å²) in [5.41, 5.74) is 0.694. The summed E-state index contributed by atoms with van der Waals surface area (Å²) in [4.78, 5) is 24.6. The Kier molecular flexibility index (Phi) is 5.63. The maximum Gasteiger partial charge on any atom is 0.251 e. The highest BCUT2D eigenvalue weighted by atomic mass is 19.1. The Bertz CT molecular complexity index is 713. The van der Waals surface area contributed by atoms with Crippen molar-refractivity contribution in [2.45, 2.75) is 19.9 Å². The van der Waals surface area contributed by atoms with Gasteiger partial charge in [-0.25, -0.2) is 8.78 Å². The Balaban J connectivity index is 2.07. The maximum atomic E-state index is 12.9. The van der Waals surface area contributed by atoms with E-state index >= 15 is 0 Å². The van der Waals surface area contributed by atoms with Crippen LogP contribution in [0.15, 0.2) is 48.5 Å². The van der Waals surface area contributed by atoms with E-state index in [0.717, 1.165) is 0 Å². The van der Waals surface area contributed by atoms with Crippen LogP contribution in [0.25, 0.3) is 0 Å². The Morgan fingerprint density at radius 3 is 1.88 bits per heavy atom. The molecule has 24 heavy (non-hydrogen) atoms. The summed E-state index contributed by atoms with van der Waals surface area (Å²) < 4.78 is 25.8. The molecule has 126 valence electrons. The second-order valence-electron chi connectivity index (χ2n) is 5.70. The monoisotopic (exact) mass is 332 g/mol. The van der Waals surface area contributed by atoms with Crippen LogP contribution in [0.4, 0.5) is 14.5 Å². The largest absolute Gasteiger partial charge is 0.340 e. The summed E-state index contributed by atoms with van der Waals surface area (Å²) >= 11 is 0. The molecule has 0 aliphatic carbocycles. The minimum absolute atomic E-state index is 0.171. The molecule has 0 heterocycles. The van der Waals surface area contributed by atoms with Gasteiger partial charge in [0.25, 0.3) is 5.91 Å². The molecule has 0 saturated carbocycles. The molecule has 6 heteroatoms. The molecule has 0 aromatic heterocycles. The Morgan fingerprint density at radius 2 is 1.38 bits per heavy atom. The van der Waals surface area contributed by atoms with E-state index in [-0.39, 0.29) is 11.5 Å². The summed E-state index contributed by atoms with van der Waals surface area (Å²) in [5, 5.41) is 5.27. The van der Waals surface area contributed by atoms with Gasteiger partial charge in [0.1, 0.15) is 17.7 Å². The van der Waals surface area contributed by atoms with E-state index in [1.165, 1.54) is 48.5 Å². The molecule has 0 fully saturated rings. The fraction of sp³-hybridized carbons (Fsp3) is 0.222. The highest BCUT2D eigenvalue weighted by molar-refractivity contribution is 6.01. The topological polar surface area (TPSA) is 58.2 Å². The summed E-state index contributed by atoms with van der Waals surface area (Å²) in [6.07, 6.45) is 0. The molecule has 2 aromatic carbocycles. The molecule has 0 aliphatic rings. The number of rotatable bonds is 5. The second-order valence-corrected chi connectivity index (χ2v) is 5.70. The van der Waals surface area contributed by atoms with E-state index in [0.29, 0.717) is 5.69 Å². The average molecular weight is 332 g/mol. The quantitative estimate of drug-likeness (QED) is 0.882. The lowest BCUT2D eigenvalue weighted by Gasteiger charge is -2.21. The van der Waals surface area contributed by atoms with Crippen LogP contribution in [0.3, 0.4) is 0 Å². The van der Waals surface area contributed by atoms with E-state index in [2.05, 4.69) is 10.6 Å². The normalized spacial score (nSPS) is 11.9. The molecule has 0 spiro atoms.